The second-order valence-corrected chi connectivity index (χ2v) is 8.87. The highest BCUT2D eigenvalue weighted by Gasteiger charge is 2.25. The third-order valence-corrected chi connectivity index (χ3v) is 6.37. The van der Waals surface area contributed by atoms with Crippen molar-refractivity contribution in [2.45, 2.75) is 20.3 Å². The normalized spacial score (nSPS) is 13.5. The van der Waals surface area contributed by atoms with Crippen molar-refractivity contribution in [2.75, 3.05) is 50.6 Å². The van der Waals surface area contributed by atoms with E-state index in [2.05, 4.69) is 15.2 Å². The average Bonchev–Trinajstić information content (AvgIpc) is 2.87. The van der Waals surface area contributed by atoms with Crippen LogP contribution >= 0.6 is 11.6 Å². The number of hydrogen-bond donors (Lipinski definition) is 1. The van der Waals surface area contributed by atoms with Gasteiger partial charge in [-0.05, 0) is 43.7 Å². The number of carbonyl (C=O) groups is 1. The number of aromatic nitrogens is 2. The van der Waals surface area contributed by atoms with Gasteiger partial charge < -0.3 is 24.6 Å². The van der Waals surface area contributed by atoms with Crippen LogP contribution in [0.1, 0.15) is 22.6 Å². The highest BCUT2D eigenvalue weighted by atomic mass is 35.5. The van der Waals surface area contributed by atoms with Crippen LogP contribution in [0.3, 0.4) is 0 Å². The summed E-state index contributed by atoms with van der Waals surface area (Å²) in [5.41, 5.74) is 3.82. The lowest BCUT2D eigenvalue weighted by Crippen LogP contribution is -2.50. The molecule has 0 spiro atoms. The number of nitrogens with zero attached hydrogens (tertiary/aromatic N) is 4. The van der Waals surface area contributed by atoms with Crippen molar-refractivity contribution in [1.82, 2.24) is 14.9 Å². The quantitative estimate of drug-likeness (QED) is 0.533. The van der Waals surface area contributed by atoms with Gasteiger partial charge in [-0.1, -0.05) is 23.7 Å². The van der Waals surface area contributed by atoms with Crippen molar-refractivity contribution in [3.8, 4) is 11.5 Å². The predicted octanol–water partition coefficient (Wildman–Crippen LogP) is 4.71. The van der Waals surface area contributed by atoms with Crippen molar-refractivity contribution in [2.24, 2.45) is 0 Å². The molecule has 1 aromatic heterocycles. The zero-order valence-corrected chi connectivity index (χ0v) is 21.2. The molecular weight excluding hydrogens is 466 g/mol. The number of nitrogens with one attached hydrogen (secondary N) is 1. The van der Waals surface area contributed by atoms with E-state index in [9.17, 15) is 4.79 Å². The Morgan fingerprint density at radius 3 is 2.37 bits per heavy atom. The molecule has 0 atom stereocenters. The largest absolute Gasteiger partial charge is 0.497 e. The summed E-state index contributed by atoms with van der Waals surface area (Å²) in [6, 6.07) is 13.0. The topological polar surface area (TPSA) is 79.8 Å². The third kappa shape index (κ3) is 5.77. The van der Waals surface area contributed by atoms with Gasteiger partial charge in [0.05, 0.1) is 19.9 Å². The van der Waals surface area contributed by atoms with Crippen LogP contribution in [0.4, 0.5) is 16.3 Å². The van der Waals surface area contributed by atoms with E-state index >= 15 is 0 Å². The minimum atomic E-state index is -0.162. The Morgan fingerprint density at radius 1 is 1.00 bits per heavy atom. The van der Waals surface area contributed by atoms with Gasteiger partial charge >= 0.3 is 6.03 Å². The van der Waals surface area contributed by atoms with E-state index in [-0.39, 0.29) is 6.03 Å². The predicted molar refractivity (Wildman–Crippen MR) is 138 cm³/mol. The fourth-order valence-electron chi connectivity index (χ4n) is 4.21. The molecule has 1 N–H and O–H groups in total. The molecule has 0 unspecified atom stereocenters. The summed E-state index contributed by atoms with van der Waals surface area (Å²) in [4.78, 5) is 26.4. The molecule has 1 aliphatic heterocycles. The summed E-state index contributed by atoms with van der Waals surface area (Å²) in [6.07, 6.45) is 0.719. The number of piperazine rings is 1. The van der Waals surface area contributed by atoms with E-state index in [1.165, 1.54) is 0 Å². The lowest BCUT2D eigenvalue weighted by atomic mass is 10.0. The van der Waals surface area contributed by atoms with Gasteiger partial charge in [0.15, 0.2) is 0 Å². The van der Waals surface area contributed by atoms with Crippen molar-refractivity contribution in [1.29, 1.82) is 0 Å². The Bertz CT molecular complexity index is 1190. The molecule has 4 rings (SSSR count). The third-order valence-electron chi connectivity index (χ3n) is 6.11. The molecule has 0 radical (unpaired) electrons. The lowest BCUT2D eigenvalue weighted by Gasteiger charge is -2.36. The van der Waals surface area contributed by atoms with Crippen LogP contribution in [0.15, 0.2) is 42.5 Å². The average molecular weight is 496 g/mol. The number of halogens is 1. The Morgan fingerprint density at radius 2 is 1.71 bits per heavy atom. The fourth-order valence-corrected chi connectivity index (χ4v) is 4.34. The molecule has 1 saturated heterocycles. The number of amides is 2. The van der Waals surface area contributed by atoms with Crippen LogP contribution in [0, 0.1) is 13.8 Å². The summed E-state index contributed by atoms with van der Waals surface area (Å²) in [5.74, 6) is 2.89. The second kappa shape index (κ2) is 10.8. The number of benzene rings is 2. The molecular formula is C26H30ClN5O3. The molecule has 9 heteroatoms. The van der Waals surface area contributed by atoms with Gasteiger partial charge in [-0.2, -0.15) is 0 Å². The van der Waals surface area contributed by atoms with Crippen molar-refractivity contribution in [3.05, 3.63) is 70.1 Å². The molecule has 0 bridgehead atoms. The van der Waals surface area contributed by atoms with Gasteiger partial charge in [0.25, 0.3) is 0 Å². The summed E-state index contributed by atoms with van der Waals surface area (Å²) in [7, 11) is 3.16. The summed E-state index contributed by atoms with van der Waals surface area (Å²) < 4.78 is 10.6. The van der Waals surface area contributed by atoms with Crippen LogP contribution < -0.4 is 19.7 Å². The number of anilines is 2. The highest BCUT2D eigenvalue weighted by Crippen LogP contribution is 2.30. The van der Waals surface area contributed by atoms with Gasteiger partial charge in [-0.15, -0.1) is 0 Å². The molecule has 8 nitrogen and oxygen atoms in total. The first-order valence-corrected chi connectivity index (χ1v) is 11.9. The SMILES string of the molecule is COc1ccc(NC(=O)N2CCN(c3nc(C)nc(C)c3Cc3ccc(Cl)cc3)CC2)c(OC)c1. The van der Waals surface area contributed by atoms with E-state index in [4.69, 9.17) is 26.1 Å². The van der Waals surface area contributed by atoms with E-state index in [1.807, 2.05) is 38.1 Å². The molecule has 0 aliphatic carbocycles. The lowest BCUT2D eigenvalue weighted by molar-refractivity contribution is 0.208. The number of urea groups is 1. The summed E-state index contributed by atoms with van der Waals surface area (Å²) in [6.45, 7) is 6.44. The number of ether oxygens (including phenoxy) is 2. The first-order chi connectivity index (χ1) is 16.9. The maximum absolute atomic E-state index is 13.0. The van der Waals surface area contributed by atoms with Crippen LogP contribution in [-0.4, -0.2) is 61.3 Å². The molecule has 1 fully saturated rings. The standard InChI is InChI=1S/C26H30ClN5O3/c1-17-22(15-19-5-7-20(27)8-6-19)25(29-18(2)28-17)31-11-13-32(14-12-31)26(33)30-23-10-9-21(34-3)16-24(23)35-4/h5-10,16H,11-15H2,1-4H3,(H,30,33). The molecule has 184 valence electrons. The number of carbonyl (C=O) groups excluding carboxylic acids is 1. The number of hydrogen-bond acceptors (Lipinski definition) is 6. The Labute approximate surface area is 210 Å². The van der Waals surface area contributed by atoms with Crippen molar-refractivity contribution >= 4 is 29.1 Å². The molecule has 2 aromatic carbocycles. The van der Waals surface area contributed by atoms with Gasteiger partial charge in [0.2, 0.25) is 0 Å². The maximum atomic E-state index is 13.0. The molecule has 3 aromatic rings. The smallest absolute Gasteiger partial charge is 0.322 e. The summed E-state index contributed by atoms with van der Waals surface area (Å²) in [5, 5.41) is 3.67. The molecule has 2 heterocycles. The summed E-state index contributed by atoms with van der Waals surface area (Å²) >= 11 is 6.06. The van der Waals surface area contributed by atoms with Crippen LogP contribution in [0.25, 0.3) is 0 Å². The zero-order chi connectivity index (χ0) is 24.9. The first-order valence-electron chi connectivity index (χ1n) is 11.5. The second-order valence-electron chi connectivity index (χ2n) is 8.43. The minimum Gasteiger partial charge on any atom is -0.497 e. The molecule has 2 amide bonds. The highest BCUT2D eigenvalue weighted by molar-refractivity contribution is 6.30. The molecule has 1 aliphatic rings. The minimum absolute atomic E-state index is 0.162. The van der Waals surface area contributed by atoms with Crippen LogP contribution in [-0.2, 0) is 6.42 Å². The fraction of sp³-hybridized carbons (Fsp3) is 0.346. The van der Waals surface area contributed by atoms with E-state index in [0.29, 0.717) is 48.4 Å². The Kier molecular flexibility index (Phi) is 7.60. The Balaban J connectivity index is 1.46. The van der Waals surface area contributed by atoms with E-state index in [0.717, 1.165) is 34.9 Å². The van der Waals surface area contributed by atoms with E-state index in [1.54, 1.807) is 37.3 Å². The Hall–Kier alpha value is -3.52. The molecule has 35 heavy (non-hydrogen) atoms. The maximum Gasteiger partial charge on any atom is 0.322 e. The monoisotopic (exact) mass is 495 g/mol. The van der Waals surface area contributed by atoms with Gasteiger partial charge in [-0.3, -0.25) is 0 Å². The van der Waals surface area contributed by atoms with E-state index < -0.39 is 0 Å². The van der Waals surface area contributed by atoms with Gasteiger partial charge in [0, 0.05) is 54.9 Å². The number of aryl methyl sites for hydroxylation is 2. The zero-order valence-electron chi connectivity index (χ0n) is 20.5. The van der Waals surface area contributed by atoms with Crippen LogP contribution in [0.5, 0.6) is 11.5 Å². The van der Waals surface area contributed by atoms with Crippen molar-refractivity contribution in [3.63, 3.8) is 0 Å². The van der Waals surface area contributed by atoms with Crippen LogP contribution in [0.2, 0.25) is 5.02 Å². The number of rotatable bonds is 6. The number of methoxy groups -OCH3 is 2. The first kappa shape index (κ1) is 24.6. The molecule has 0 saturated carbocycles. The van der Waals surface area contributed by atoms with Gasteiger partial charge in [0.1, 0.15) is 23.1 Å². The van der Waals surface area contributed by atoms with Crippen molar-refractivity contribution < 1.29 is 14.3 Å². The van der Waals surface area contributed by atoms with Gasteiger partial charge in [-0.25, -0.2) is 14.8 Å².